The third kappa shape index (κ3) is 4.80. The van der Waals surface area contributed by atoms with Crippen molar-refractivity contribution in [3.05, 3.63) is 51.3 Å². The van der Waals surface area contributed by atoms with Crippen molar-refractivity contribution in [2.75, 3.05) is 13.1 Å². The molecule has 17 heteroatoms. The minimum Gasteiger partial charge on any atom is -0.459 e. The van der Waals surface area contributed by atoms with Gasteiger partial charge in [0.05, 0.1) is 10.6 Å². The van der Waals surface area contributed by atoms with Crippen molar-refractivity contribution < 1.29 is 35.6 Å². The molecule has 2 atom stereocenters. The molecule has 0 N–H and O–H groups in total. The third-order valence-corrected chi connectivity index (χ3v) is 10.1. The summed E-state index contributed by atoms with van der Waals surface area (Å²) in [4.78, 5) is 30.5. The van der Waals surface area contributed by atoms with E-state index in [0.717, 1.165) is 25.6 Å². The summed E-state index contributed by atoms with van der Waals surface area (Å²) in [5.41, 5.74) is 0. The van der Waals surface area contributed by atoms with E-state index >= 15 is 0 Å². The average Bonchev–Trinajstić information content (AvgIpc) is 3.61. The Balaban J connectivity index is 1.55. The van der Waals surface area contributed by atoms with Crippen LogP contribution in [0.2, 0.25) is 4.34 Å². The molecule has 0 saturated carbocycles. The Labute approximate surface area is 221 Å². The predicted molar refractivity (Wildman–Crippen MR) is 126 cm³/mol. The molecule has 198 valence electrons. The van der Waals surface area contributed by atoms with E-state index in [9.17, 15) is 31.2 Å². The van der Waals surface area contributed by atoms with Crippen LogP contribution in [0.25, 0.3) is 0 Å². The highest BCUT2D eigenvalue weighted by molar-refractivity contribution is 7.98. The van der Waals surface area contributed by atoms with E-state index < -0.39 is 46.0 Å². The smallest absolute Gasteiger partial charge is 0.403 e. The van der Waals surface area contributed by atoms with Gasteiger partial charge in [0.25, 0.3) is 5.91 Å². The van der Waals surface area contributed by atoms with Gasteiger partial charge in [-0.2, -0.15) is 30.6 Å². The number of halogens is 4. The SMILES string of the molecule is O=C1C(C(F)(F)F)C(c2nc(SCc3ccc(Cl)s3)n(C(=O)c3ccco3)n2)N1S(=O)(=O)N1CCCC1. The Morgan fingerprint density at radius 2 is 1.97 bits per heavy atom. The summed E-state index contributed by atoms with van der Waals surface area (Å²) in [5.74, 6) is -5.62. The van der Waals surface area contributed by atoms with E-state index in [-0.39, 0.29) is 34.1 Å². The topological polar surface area (TPSA) is 119 Å². The molecule has 1 amide bonds. The Morgan fingerprint density at radius 1 is 1.24 bits per heavy atom. The van der Waals surface area contributed by atoms with E-state index in [1.165, 1.54) is 29.7 Å². The summed E-state index contributed by atoms with van der Waals surface area (Å²) in [6, 6.07) is 4.14. The monoisotopic (exact) mass is 595 g/mol. The lowest BCUT2D eigenvalue weighted by atomic mass is 9.89. The number of hydrogen-bond acceptors (Lipinski definition) is 9. The van der Waals surface area contributed by atoms with Crippen molar-refractivity contribution in [2.45, 2.75) is 36.0 Å². The van der Waals surface area contributed by atoms with E-state index in [2.05, 4.69) is 10.1 Å². The van der Waals surface area contributed by atoms with Gasteiger partial charge in [-0.05, 0) is 37.1 Å². The van der Waals surface area contributed by atoms with Crippen LogP contribution in [0.15, 0.2) is 40.1 Å². The lowest BCUT2D eigenvalue weighted by Crippen LogP contribution is -2.64. The van der Waals surface area contributed by atoms with Crippen LogP contribution in [-0.2, 0) is 20.8 Å². The summed E-state index contributed by atoms with van der Waals surface area (Å²) in [5, 5.41) is 3.87. The number of alkyl halides is 3. The highest BCUT2D eigenvalue weighted by Gasteiger charge is 2.67. The molecule has 0 spiro atoms. The van der Waals surface area contributed by atoms with E-state index in [4.69, 9.17) is 16.0 Å². The van der Waals surface area contributed by atoms with Gasteiger partial charge in [-0.15, -0.1) is 16.4 Å². The molecule has 37 heavy (non-hydrogen) atoms. The predicted octanol–water partition coefficient (Wildman–Crippen LogP) is 3.97. The van der Waals surface area contributed by atoms with Gasteiger partial charge in [-0.3, -0.25) is 9.59 Å². The fourth-order valence-corrected chi connectivity index (χ4v) is 7.95. The van der Waals surface area contributed by atoms with Gasteiger partial charge < -0.3 is 4.42 Å². The lowest BCUT2D eigenvalue weighted by molar-refractivity contribution is -0.219. The molecule has 3 aromatic rings. The molecule has 5 rings (SSSR count). The second kappa shape index (κ2) is 9.72. The van der Waals surface area contributed by atoms with Gasteiger partial charge in [0, 0.05) is 23.7 Å². The van der Waals surface area contributed by atoms with Crippen LogP contribution in [0.3, 0.4) is 0 Å². The summed E-state index contributed by atoms with van der Waals surface area (Å²) in [6.45, 7) is 0.164. The molecule has 0 bridgehead atoms. The highest BCUT2D eigenvalue weighted by atomic mass is 35.5. The molecule has 2 fully saturated rings. The molecule has 2 aliphatic rings. The number of β-lactam (4-membered cyclic amide) rings is 1. The first-order valence-electron chi connectivity index (χ1n) is 10.8. The van der Waals surface area contributed by atoms with Gasteiger partial charge in [0.15, 0.2) is 22.7 Å². The number of amides is 1. The highest BCUT2D eigenvalue weighted by Crippen LogP contribution is 2.50. The maximum Gasteiger partial charge on any atom is 0.403 e. The second-order valence-electron chi connectivity index (χ2n) is 8.15. The fourth-order valence-electron chi connectivity index (χ4n) is 4.07. The molecular formula is C20H17ClF3N5O5S3. The molecule has 2 saturated heterocycles. The number of carbonyl (C=O) groups excluding carboxylic acids is 2. The number of hydrogen-bond donors (Lipinski definition) is 0. The standard InChI is InChI=1S/C20H17ClF3N5O5S3/c21-13-6-5-11(36-13)10-35-19-25-16(26-28(19)17(30)12-4-3-9-34-12)15-14(20(22,23)24)18(31)29(15)37(32,33)27-7-1-2-8-27/h3-6,9,14-15H,1-2,7-8,10H2. The minimum absolute atomic E-state index is 0.0822. The first-order valence-corrected chi connectivity index (χ1v) is 14.4. The van der Waals surface area contributed by atoms with Gasteiger partial charge in [0.1, 0.15) is 6.04 Å². The van der Waals surface area contributed by atoms with E-state index in [0.29, 0.717) is 17.2 Å². The van der Waals surface area contributed by atoms with Crippen LogP contribution >= 0.6 is 34.7 Å². The lowest BCUT2D eigenvalue weighted by Gasteiger charge is -2.45. The Hall–Kier alpha value is -2.40. The molecule has 0 aromatic carbocycles. The molecule has 2 unspecified atom stereocenters. The molecule has 5 heterocycles. The normalized spacial score (nSPS) is 21.0. The number of carbonyl (C=O) groups is 2. The number of rotatable bonds is 7. The second-order valence-corrected chi connectivity index (χ2v) is 12.7. The summed E-state index contributed by atoms with van der Waals surface area (Å²) < 4.78 is 75.4. The minimum atomic E-state index is -5.06. The summed E-state index contributed by atoms with van der Waals surface area (Å²) >= 11 is 8.21. The number of nitrogens with zero attached hydrogens (tertiary/aromatic N) is 5. The molecule has 2 aliphatic heterocycles. The fraction of sp³-hybridized carbons (Fsp3) is 0.400. The van der Waals surface area contributed by atoms with Crippen molar-refractivity contribution in [3.8, 4) is 0 Å². The Morgan fingerprint density at radius 3 is 2.57 bits per heavy atom. The van der Waals surface area contributed by atoms with E-state index in [1.807, 2.05) is 0 Å². The van der Waals surface area contributed by atoms with Crippen molar-refractivity contribution in [1.82, 2.24) is 23.4 Å². The van der Waals surface area contributed by atoms with Crippen LogP contribution in [-0.4, -0.2) is 62.9 Å². The zero-order chi connectivity index (χ0) is 26.5. The van der Waals surface area contributed by atoms with Gasteiger partial charge in [0.2, 0.25) is 0 Å². The molecule has 3 aromatic heterocycles. The van der Waals surface area contributed by atoms with Crippen LogP contribution in [0.1, 0.15) is 40.1 Å². The number of thioether (sulfide) groups is 1. The summed E-state index contributed by atoms with van der Waals surface area (Å²) in [6.07, 6.45) is -2.78. The maximum atomic E-state index is 13.9. The average molecular weight is 596 g/mol. The van der Waals surface area contributed by atoms with Crippen molar-refractivity contribution in [3.63, 3.8) is 0 Å². The number of aromatic nitrogens is 3. The molecule has 10 nitrogen and oxygen atoms in total. The quantitative estimate of drug-likeness (QED) is 0.297. The summed E-state index contributed by atoms with van der Waals surface area (Å²) in [7, 11) is -4.56. The number of thiophene rings is 1. The van der Waals surface area contributed by atoms with Gasteiger partial charge >= 0.3 is 22.3 Å². The van der Waals surface area contributed by atoms with Crippen molar-refractivity contribution >= 4 is 56.7 Å². The van der Waals surface area contributed by atoms with E-state index in [1.54, 1.807) is 12.1 Å². The van der Waals surface area contributed by atoms with Crippen LogP contribution in [0.4, 0.5) is 13.2 Å². The first kappa shape index (κ1) is 26.2. The van der Waals surface area contributed by atoms with Gasteiger partial charge in [-0.1, -0.05) is 23.4 Å². The number of furan rings is 1. The Bertz CT molecular complexity index is 1430. The van der Waals surface area contributed by atoms with Crippen LogP contribution in [0.5, 0.6) is 0 Å². The van der Waals surface area contributed by atoms with Crippen LogP contribution in [0, 0.1) is 5.92 Å². The third-order valence-electron chi connectivity index (χ3n) is 5.80. The Kier molecular flexibility index (Phi) is 6.89. The maximum absolute atomic E-state index is 13.9. The molecular weight excluding hydrogens is 579 g/mol. The first-order chi connectivity index (χ1) is 17.5. The van der Waals surface area contributed by atoms with Crippen molar-refractivity contribution in [2.24, 2.45) is 5.92 Å². The van der Waals surface area contributed by atoms with Gasteiger partial charge in [-0.25, -0.2) is 9.29 Å². The van der Waals surface area contributed by atoms with Crippen LogP contribution < -0.4 is 0 Å². The molecule has 0 radical (unpaired) electrons. The molecule has 0 aliphatic carbocycles. The van der Waals surface area contributed by atoms with Crippen molar-refractivity contribution in [1.29, 1.82) is 0 Å². The zero-order valence-electron chi connectivity index (χ0n) is 18.6. The zero-order valence-corrected chi connectivity index (χ0v) is 21.8. The largest absolute Gasteiger partial charge is 0.459 e.